The lowest BCUT2D eigenvalue weighted by atomic mass is 9.86. The van der Waals surface area contributed by atoms with E-state index in [0.29, 0.717) is 23.3 Å². The van der Waals surface area contributed by atoms with E-state index >= 15 is 0 Å². The van der Waals surface area contributed by atoms with E-state index in [0.717, 1.165) is 44.3 Å². The molecule has 3 aliphatic rings. The number of hydrogen-bond acceptors (Lipinski definition) is 11. The third-order valence-electron chi connectivity index (χ3n) is 13.4. The number of likely N-dealkylation sites (N-methyl/N-ethyl adjacent to an activating group) is 1. The minimum Gasteiger partial charge on any atom is -0.458 e. The molecule has 2 atom stereocenters. The van der Waals surface area contributed by atoms with Gasteiger partial charge < -0.3 is 45.3 Å². The topological polar surface area (TPSA) is 227 Å². The van der Waals surface area contributed by atoms with Gasteiger partial charge in [-0.2, -0.15) is 0 Å². The van der Waals surface area contributed by atoms with Crippen LogP contribution in [0.5, 0.6) is 0 Å². The van der Waals surface area contributed by atoms with Gasteiger partial charge in [0.2, 0.25) is 23.6 Å². The van der Waals surface area contributed by atoms with Crippen LogP contribution in [0.1, 0.15) is 58.2 Å². The van der Waals surface area contributed by atoms with Gasteiger partial charge in [0.05, 0.1) is 42.1 Å². The van der Waals surface area contributed by atoms with Gasteiger partial charge in [0.1, 0.15) is 25.8 Å². The Kier molecular flexibility index (Phi) is 13.3. The summed E-state index contributed by atoms with van der Waals surface area (Å²) in [5, 5.41) is 22.4. The van der Waals surface area contributed by atoms with E-state index in [1.165, 1.54) is 4.90 Å². The van der Waals surface area contributed by atoms with Crippen molar-refractivity contribution in [1.29, 1.82) is 0 Å². The number of benzene rings is 4. The maximum atomic E-state index is 13.9. The van der Waals surface area contributed by atoms with Crippen molar-refractivity contribution in [1.82, 2.24) is 35.7 Å². The molecule has 4 aromatic carbocycles. The molecule has 4 heterocycles. The van der Waals surface area contributed by atoms with Crippen molar-refractivity contribution in [3.05, 3.63) is 158 Å². The first kappa shape index (κ1) is 46.9. The summed E-state index contributed by atoms with van der Waals surface area (Å²) in [6, 6.07) is 32.9. The highest BCUT2D eigenvalue weighted by Crippen LogP contribution is 2.45. The molecule has 358 valence electrons. The molecule has 0 bridgehead atoms. The molecule has 2 aliphatic heterocycles. The second-order valence-corrected chi connectivity index (χ2v) is 17.6. The van der Waals surface area contributed by atoms with Crippen molar-refractivity contribution >= 4 is 46.6 Å². The lowest BCUT2D eigenvalue weighted by molar-refractivity contribution is -0.172. The SMILES string of the molecule is CC[C@@]1(O)C(=O)OCc2c1cc1n(c2=O)Cc2c-1nc1ccccc1c2CCN(C)C(=O)CNC(=O)[C@H](Cc1ccccc1)NC(=O)CNC(=O)CNC(=O)OCC1c2ccccc2-c2ccccc21. The zero-order valence-corrected chi connectivity index (χ0v) is 38.6. The molecule has 5 amide bonds. The molecule has 0 radical (unpaired) electrons. The first-order chi connectivity index (χ1) is 33.8. The molecule has 0 unspecified atom stereocenters. The smallest absolute Gasteiger partial charge is 0.407 e. The number of alkyl carbamates (subject to hydrolysis) is 1. The maximum Gasteiger partial charge on any atom is 0.407 e. The number of nitrogens with one attached hydrogen (secondary N) is 4. The Morgan fingerprint density at radius 2 is 1.51 bits per heavy atom. The molecular weight excluding hydrogens is 895 g/mol. The van der Waals surface area contributed by atoms with Crippen LogP contribution in [0.25, 0.3) is 33.4 Å². The number of pyridine rings is 2. The van der Waals surface area contributed by atoms with Gasteiger partial charge in [0.25, 0.3) is 5.56 Å². The van der Waals surface area contributed by atoms with E-state index in [1.54, 1.807) is 48.9 Å². The maximum absolute atomic E-state index is 13.9. The van der Waals surface area contributed by atoms with Gasteiger partial charge >= 0.3 is 12.1 Å². The number of aromatic nitrogens is 2. The first-order valence-corrected chi connectivity index (χ1v) is 23.1. The highest BCUT2D eigenvalue weighted by atomic mass is 16.6. The van der Waals surface area contributed by atoms with Gasteiger partial charge in [0, 0.05) is 42.4 Å². The van der Waals surface area contributed by atoms with Crippen LogP contribution in [0.4, 0.5) is 4.79 Å². The third-order valence-corrected chi connectivity index (χ3v) is 13.4. The summed E-state index contributed by atoms with van der Waals surface area (Å²) in [4.78, 5) is 98.7. The predicted molar refractivity (Wildman–Crippen MR) is 257 cm³/mol. The number of esters is 1. The Bertz CT molecular complexity index is 3090. The van der Waals surface area contributed by atoms with E-state index in [1.807, 2.05) is 78.9 Å². The first-order valence-electron chi connectivity index (χ1n) is 23.1. The predicted octanol–water partition coefficient (Wildman–Crippen LogP) is 3.58. The van der Waals surface area contributed by atoms with Crippen LogP contribution in [0.3, 0.4) is 0 Å². The molecule has 0 saturated carbocycles. The molecule has 70 heavy (non-hydrogen) atoms. The lowest BCUT2D eigenvalue weighted by Crippen LogP contribution is -2.52. The monoisotopic (exact) mass is 945 g/mol. The Labute approximate surface area is 402 Å². The number of fused-ring (bicyclic) bond motifs is 8. The summed E-state index contributed by atoms with van der Waals surface area (Å²) < 4.78 is 12.3. The molecule has 2 aromatic heterocycles. The molecule has 9 rings (SSSR count). The van der Waals surface area contributed by atoms with Crippen molar-refractivity contribution in [2.75, 3.05) is 39.8 Å². The largest absolute Gasteiger partial charge is 0.458 e. The number of carbonyl (C=O) groups is 6. The average molecular weight is 946 g/mol. The van der Waals surface area contributed by atoms with Gasteiger partial charge in [-0.25, -0.2) is 14.6 Å². The number of ether oxygens (including phenoxy) is 2. The van der Waals surface area contributed by atoms with Crippen LogP contribution in [0, 0.1) is 0 Å². The minimum absolute atomic E-state index is 0.0163. The summed E-state index contributed by atoms with van der Waals surface area (Å²) in [6.07, 6.45) is -0.316. The van der Waals surface area contributed by atoms with Crippen molar-refractivity contribution in [2.24, 2.45) is 0 Å². The summed E-state index contributed by atoms with van der Waals surface area (Å²) in [7, 11) is 1.61. The van der Waals surface area contributed by atoms with Crippen LogP contribution < -0.4 is 26.8 Å². The molecule has 17 nitrogen and oxygen atoms in total. The van der Waals surface area contributed by atoms with Crippen molar-refractivity contribution < 1.29 is 43.3 Å². The molecule has 0 spiro atoms. The van der Waals surface area contributed by atoms with E-state index in [9.17, 15) is 38.7 Å². The molecular formula is C53H51N7O10. The number of amides is 5. The Morgan fingerprint density at radius 1 is 0.843 bits per heavy atom. The molecule has 5 N–H and O–H groups in total. The molecule has 6 aromatic rings. The van der Waals surface area contributed by atoms with Crippen molar-refractivity contribution in [3.8, 4) is 22.5 Å². The van der Waals surface area contributed by atoms with Crippen LogP contribution in [0.2, 0.25) is 0 Å². The van der Waals surface area contributed by atoms with Gasteiger partial charge in [-0.05, 0) is 58.4 Å². The minimum atomic E-state index is -1.97. The van der Waals surface area contributed by atoms with Gasteiger partial charge in [-0.1, -0.05) is 104 Å². The van der Waals surface area contributed by atoms with Crippen LogP contribution >= 0.6 is 0 Å². The van der Waals surface area contributed by atoms with Gasteiger partial charge in [-0.15, -0.1) is 0 Å². The van der Waals surface area contributed by atoms with E-state index in [2.05, 4.69) is 21.3 Å². The number of aliphatic hydroxyl groups is 1. The van der Waals surface area contributed by atoms with Crippen molar-refractivity contribution in [3.63, 3.8) is 0 Å². The summed E-state index contributed by atoms with van der Waals surface area (Å²) in [6.45, 7) is 0.565. The summed E-state index contributed by atoms with van der Waals surface area (Å²) >= 11 is 0. The Balaban J connectivity index is 0.789. The molecule has 17 heteroatoms. The standard InChI is InChI=1S/C53H51N7O10/c1-3-53(68)41-24-44-48-38(28-60(44)50(65)40(41)30-69-51(53)66)36(37-19-11-12-20-42(37)58-48)21-22-59(2)47(63)27-55-49(64)43(23-31-13-5-4-6-14-31)57-46(62)26-54-45(61)25-56-52(67)70-29-39-34-17-9-7-15-32(34)33-16-8-10-18-35(33)39/h4-20,24,39,43,68H,3,21-23,25-30H2,1-2H3,(H,54,61)(H,55,64)(H,56,67)(H,57,62)/t43-,53-/m0/s1. The average Bonchev–Trinajstić information content (AvgIpc) is 3.91. The molecule has 0 fully saturated rings. The van der Waals surface area contributed by atoms with E-state index in [4.69, 9.17) is 14.5 Å². The second kappa shape index (κ2) is 19.8. The Morgan fingerprint density at radius 3 is 2.24 bits per heavy atom. The fraction of sp³-hybridized carbons (Fsp3) is 0.283. The summed E-state index contributed by atoms with van der Waals surface area (Å²) in [5.41, 5.74) is 6.43. The zero-order valence-electron chi connectivity index (χ0n) is 38.6. The quantitative estimate of drug-likeness (QED) is 0.0881. The highest BCUT2D eigenvalue weighted by Gasteiger charge is 2.45. The highest BCUT2D eigenvalue weighted by molar-refractivity contribution is 5.93. The number of carbonyl (C=O) groups excluding carboxylic acids is 6. The fourth-order valence-electron chi connectivity index (χ4n) is 9.57. The van der Waals surface area contributed by atoms with Crippen LogP contribution in [-0.4, -0.2) is 101 Å². The van der Waals surface area contributed by atoms with Gasteiger partial charge in [0.15, 0.2) is 5.60 Å². The van der Waals surface area contributed by atoms with Gasteiger partial charge in [-0.3, -0.25) is 24.0 Å². The second-order valence-electron chi connectivity index (χ2n) is 17.6. The Hall–Kier alpha value is -8.18. The van der Waals surface area contributed by atoms with Crippen LogP contribution in [0.15, 0.2) is 114 Å². The van der Waals surface area contributed by atoms with Crippen LogP contribution in [-0.2, 0) is 65.0 Å². The number of hydrogen-bond donors (Lipinski definition) is 5. The van der Waals surface area contributed by atoms with E-state index in [-0.39, 0.29) is 68.3 Å². The molecule has 1 aliphatic carbocycles. The normalized spacial score (nSPS) is 15.6. The summed E-state index contributed by atoms with van der Waals surface area (Å²) in [5.74, 6) is -3.30. The third kappa shape index (κ3) is 9.22. The number of nitrogens with zero attached hydrogens (tertiary/aromatic N) is 3. The number of para-hydroxylation sites is 1. The molecule has 0 saturated heterocycles. The fourth-order valence-corrected chi connectivity index (χ4v) is 9.57. The number of cyclic esters (lactones) is 1. The van der Waals surface area contributed by atoms with E-state index < -0.39 is 60.4 Å². The van der Waals surface area contributed by atoms with Crippen molar-refractivity contribution in [2.45, 2.75) is 56.9 Å². The zero-order chi connectivity index (χ0) is 49.1. The number of rotatable bonds is 16. The lowest BCUT2D eigenvalue weighted by Gasteiger charge is -2.31.